The van der Waals surface area contributed by atoms with Crippen molar-refractivity contribution in [2.24, 2.45) is 0 Å². The fourth-order valence-corrected chi connectivity index (χ4v) is 3.08. The second kappa shape index (κ2) is 4.88. The molecule has 1 fully saturated rings. The van der Waals surface area contributed by atoms with Gasteiger partial charge in [0.2, 0.25) is 0 Å². The van der Waals surface area contributed by atoms with E-state index in [9.17, 15) is 24.9 Å². The lowest BCUT2D eigenvalue weighted by Crippen LogP contribution is -2.49. The van der Waals surface area contributed by atoms with Crippen molar-refractivity contribution in [2.45, 2.75) is 30.6 Å². The molecule has 0 radical (unpaired) electrons. The topological polar surface area (TPSA) is 116 Å². The van der Waals surface area contributed by atoms with Crippen molar-refractivity contribution in [3.63, 3.8) is 0 Å². The number of aromatic nitrogens is 2. The number of hydrogen-bond acceptors (Lipinski definition) is 6. The molecule has 1 aliphatic rings. The highest BCUT2D eigenvalue weighted by molar-refractivity contribution is 7.99. The first-order valence-electron chi connectivity index (χ1n) is 5.39. The van der Waals surface area contributed by atoms with Crippen LogP contribution in [0.5, 0.6) is 0 Å². The Hall–Kier alpha value is -1.09. The Balaban J connectivity index is 2.41. The molecule has 7 nitrogen and oxygen atoms in total. The Morgan fingerprint density at radius 2 is 2.00 bits per heavy atom. The fraction of sp³-hybridized carbons (Fsp3) is 0.600. The highest BCUT2D eigenvalue weighted by atomic mass is 32.2. The van der Waals surface area contributed by atoms with Gasteiger partial charge in [0.25, 0.3) is 5.56 Å². The lowest BCUT2D eigenvalue weighted by atomic mass is 10.1. The first-order chi connectivity index (χ1) is 8.41. The summed E-state index contributed by atoms with van der Waals surface area (Å²) in [6, 6.07) is 0. The first kappa shape index (κ1) is 13.3. The number of nitrogens with zero attached hydrogens (tertiary/aromatic N) is 1. The summed E-state index contributed by atoms with van der Waals surface area (Å²) in [7, 11) is 0. The predicted octanol–water partition coefficient (Wildman–Crippen LogP) is -1.83. The average molecular weight is 274 g/mol. The highest BCUT2D eigenvalue weighted by Gasteiger charge is 2.38. The monoisotopic (exact) mass is 274 g/mol. The van der Waals surface area contributed by atoms with Crippen molar-refractivity contribution in [2.75, 3.05) is 5.75 Å². The van der Waals surface area contributed by atoms with Gasteiger partial charge in [-0.2, -0.15) is 0 Å². The van der Waals surface area contributed by atoms with Crippen molar-refractivity contribution in [1.82, 2.24) is 9.55 Å². The van der Waals surface area contributed by atoms with Crippen LogP contribution in [0.3, 0.4) is 0 Å². The molecule has 1 aromatic heterocycles. The molecule has 4 atom stereocenters. The second-order valence-electron chi connectivity index (χ2n) is 4.25. The number of nitrogens with one attached hydrogen (secondary N) is 1. The maximum atomic E-state index is 11.7. The molecule has 0 saturated carbocycles. The summed E-state index contributed by atoms with van der Waals surface area (Å²) in [4.78, 5) is 25.0. The maximum Gasteiger partial charge on any atom is 0.329 e. The number of aliphatic hydroxyl groups excluding tert-OH is 3. The van der Waals surface area contributed by atoms with E-state index in [-0.39, 0.29) is 5.75 Å². The van der Waals surface area contributed by atoms with Gasteiger partial charge in [0, 0.05) is 17.5 Å². The molecule has 1 aliphatic heterocycles. The number of thioether (sulfide) groups is 1. The molecule has 0 aromatic carbocycles. The summed E-state index contributed by atoms with van der Waals surface area (Å²) < 4.78 is 1.17. The van der Waals surface area contributed by atoms with E-state index in [1.807, 2.05) is 0 Å². The minimum Gasteiger partial charge on any atom is -0.389 e. The van der Waals surface area contributed by atoms with E-state index in [2.05, 4.69) is 4.98 Å². The molecule has 4 N–H and O–H groups in total. The standard InChI is InChI=1S/C10H14N2O5S/c1-4-2-12(10(17)11-8(4)16)9-7(15)6(14)5(13)3-18-9/h2,5-7,9,13-15H,3H2,1H3,(H,11,16,17)/t5-,6+,7-,9?/m1/s1. The Morgan fingerprint density at radius 3 is 2.67 bits per heavy atom. The smallest absolute Gasteiger partial charge is 0.329 e. The maximum absolute atomic E-state index is 11.7. The number of aliphatic hydroxyl groups is 3. The van der Waals surface area contributed by atoms with E-state index < -0.39 is 34.9 Å². The zero-order valence-corrected chi connectivity index (χ0v) is 10.4. The molecule has 8 heteroatoms. The molecule has 0 bridgehead atoms. The quantitative estimate of drug-likeness (QED) is 0.479. The largest absolute Gasteiger partial charge is 0.389 e. The van der Waals surface area contributed by atoms with Crippen molar-refractivity contribution in [3.05, 3.63) is 32.6 Å². The summed E-state index contributed by atoms with van der Waals surface area (Å²) in [5.41, 5.74) is -0.791. The van der Waals surface area contributed by atoms with Gasteiger partial charge in [-0.05, 0) is 6.92 Å². The predicted molar refractivity (Wildman–Crippen MR) is 65.6 cm³/mol. The lowest BCUT2D eigenvalue weighted by Gasteiger charge is -2.35. The molecule has 1 saturated heterocycles. The molecule has 2 rings (SSSR count). The Labute approximate surface area is 106 Å². The molecule has 100 valence electrons. The third-order valence-corrected chi connectivity index (χ3v) is 4.28. The van der Waals surface area contributed by atoms with Gasteiger partial charge in [0.15, 0.2) is 0 Å². The van der Waals surface area contributed by atoms with Crippen LogP contribution in [-0.4, -0.2) is 48.9 Å². The Bertz CT molecular complexity index is 554. The van der Waals surface area contributed by atoms with E-state index in [0.717, 1.165) is 11.8 Å². The van der Waals surface area contributed by atoms with Crippen LogP contribution in [0.15, 0.2) is 15.8 Å². The fourth-order valence-electron chi connectivity index (χ4n) is 1.81. The molecular weight excluding hydrogens is 260 g/mol. The van der Waals surface area contributed by atoms with E-state index in [0.29, 0.717) is 5.56 Å². The van der Waals surface area contributed by atoms with Crippen molar-refractivity contribution >= 4 is 11.8 Å². The number of hydrogen-bond donors (Lipinski definition) is 4. The van der Waals surface area contributed by atoms with E-state index in [1.165, 1.54) is 10.8 Å². The molecule has 1 aromatic rings. The minimum absolute atomic E-state index is 0.202. The molecule has 2 heterocycles. The Kier molecular flexibility index (Phi) is 3.62. The van der Waals surface area contributed by atoms with E-state index in [4.69, 9.17) is 0 Å². The van der Waals surface area contributed by atoms with Crippen molar-refractivity contribution in [1.29, 1.82) is 0 Å². The van der Waals surface area contributed by atoms with Gasteiger partial charge in [-0.1, -0.05) is 0 Å². The van der Waals surface area contributed by atoms with Gasteiger partial charge in [0.1, 0.15) is 17.6 Å². The van der Waals surface area contributed by atoms with Crippen molar-refractivity contribution in [3.8, 4) is 0 Å². The molecular formula is C10H14N2O5S. The van der Waals surface area contributed by atoms with Gasteiger partial charge in [-0.3, -0.25) is 14.3 Å². The third kappa shape index (κ3) is 2.24. The lowest BCUT2D eigenvalue weighted by molar-refractivity contribution is -0.0634. The number of rotatable bonds is 1. The van der Waals surface area contributed by atoms with Gasteiger partial charge in [0.05, 0.1) is 6.10 Å². The molecule has 0 aliphatic carbocycles. The molecule has 1 unspecified atom stereocenters. The van der Waals surface area contributed by atoms with Crippen LogP contribution in [0, 0.1) is 6.92 Å². The van der Waals surface area contributed by atoms with Gasteiger partial charge in [-0.15, -0.1) is 11.8 Å². The van der Waals surface area contributed by atoms with E-state index >= 15 is 0 Å². The number of aromatic amines is 1. The first-order valence-corrected chi connectivity index (χ1v) is 6.44. The summed E-state index contributed by atoms with van der Waals surface area (Å²) in [5.74, 6) is 0.202. The third-order valence-electron chi connectivity index (χ3n) is 2.89. The second-order valence-corrected chi connectivity index (χ2v) is 5.40. The summed E-state index contributed by atoms with van der Waals surface area (Å²) in [6.45, 7) is 1.54. The van der Waals surface area contributed by atoms with Crippen LogP contribution in [0.4, 0.5) is 0 Å². The van der Waals surface area contributed by atoms with Crippen LogP contribution in [-0.2, 0) is 0 Å². The summed E-state index contributed by atoms with van der Waals surface area (Å²) >= 11 is 1.15. The van der Waals surface area contributed by atoms with Crippen LogP contribution in [0.25, 0.3) is 0 Å². The van der Waals surface area contributed by atoms with Crippen LogP contribution in [0.2, 0.25) is 0 Å². The van der Waals surface area contributed by atoms with Crippen molar-refractivity contribution < 1.29 is 15.3 Å². The minimum atomic E-state index is -1.31. The number of aryl methyl sites for hydroxylation is 1. The van der Waals surface area contributed by atoms with Crippen LogP contribution >= 0.6 is 11.8 Å². The molecule has 18 heavy (non-hydrogen) atoms. The zero-order valence-electron chi connectivity index (χ0n) is 9.61. The summed E-state index contributed by atoms with van der Waals surface area (Å²) in [5, 5.41) is 28.1. The normalized spacial score (nSPS) is 32.4. The zero-order chi connectivity index (χ0) is 13.4. The highest BCUT2D eigenvalue weighted by Crippen LogP contribution is 2.33. The van der Waals surface area contributed by atoms with Crippen LogP contribution in [0.1, 0.15) is 10.9 Å². The Morgan fingerprint density at radius 1 is 1.33 bits per heavy atom. The van der Waals surface area contributed by atoms with Gasteiger partial charge >= 0.3 is 5.69 Å². The summed E-state index contributed by atoms with van der Waals surface area (Å²) in [6.07, 6.45) is -2.27. The molecule has 0 amide bonds. The van der Waals surface area contributed by atoms with E-state index in [1.54, 1.807) is 6.92 Å². The number of H-pyrrole nitrogens is 1. The molecule has 0 spiro atoms. The van der Waals surface area contributed by atoms with Gasteiger partial charge in [-0.25, -0.2) is 4.79 Å². The average Bonchev–Trinajstić information content (AvgIpc) is 2.32. The SMILES string of the molecule is Cc1cn(C2SC[C@@H](O)[C@H](O)[C@H]2O)c(=O)[nH]c1=O. The van der Waals surface area contributed by atoms with Gasteiger partial charge < -0.3 is 15.3 Å². The van der Waals surface area contributed by atoms with Crippen LogP contribution < -0.4 is 11.2 Å².